The summed E-state index contributed by atoms with van der Waals surface area (Å²) in [5.74, 6) is -0.941. The lowest BCUT2D eigenvalue weighted by atomic mass is 9.86. The van der Waals surface area contributed by atoms with Crippen molar-refractivity contribution in [2.75, 3.05) is 32.1 Å². The Bertz CT molecular complexity index is 1360. The molecule has 1 aliphatic carbocycles. The Morgan fingerprint density at radius 3 is 2.84 bits per heavy atom. The summed E-state index contributed by atoms with van der Waals surface area (Å²) in [4.78, 5) is 39.5. The summed E-state index contributed by atoms with van der Waals surface area (Å²) >= 11 is 0. The maximum atomic E-state index is 13.4. The monoisotopic (exact) mass is 514 g/mol. The van der Waals surface area contributed by atoms with Crippen LogP contribution in [0.15, 0.2) is 48.6 Å². The van der Waals surface area contributed by atoms with Crippen molar-refractivity contribution < 1.29 is 24.2 Å². The lowest BCUT2D eigenvalue weighted by molar-refractivity contribution is -0.131. The molecule has 196 valence electrons. The van der Waals surface area contributed by atoms with E-state index >= 15 is 0 Å². The van der Waals surface area contributed by atoms with Gasteiger partial charge in [0.1, 0.15) is 5.75 Å². The summed E-state index contributed by atoms with van der Waals surface area (Å²) in [6.07, 6.45) is 5.09. The minimum Gasteiger partial charge on any atom is -0.493 e. The molecule has 1 saturated heterocycles. The predicted molar refractivity (Wildman–Crippen MR) is 140 cm³/mol. The molecule has 3 aliphatic rings. The van der Waals surface area contributed by atoms with Gasteiger partial charge in [0.2, 0.25) is 5.91 Å². The smallest absolute Gasteiger partial charge is 0.327 e. The van der Waals surface area contributed by atoms with Crippen molar-refractivity contribution in [2.45, 2.75) is 37.1 Å². The lowest BCUT2D eigenvalue weighted by Crippen LogP contribution is -2.36. The standard InChI is InChI=1S/C29H30N4O5/c1-33-11-9-21(17-33)31-27(36)20-7-8-25-22(14-20)29(10-12-38-25)15-23(29)28(37)32-24-13-18(16-30)5-6-19(24)3-2-4-26(34)35/h2,4-8,13-14,21,23H,3,9-12,15,17H2,1H3,(H,31,36)(H,32,37)(H,34,35)/t21-,23-,29-/m0/s1. The van der Waals surface area contributed by atoms with Gasteiger partial charge in [-0.05, 0) is 75.2 Å². The maximum absolute atomic E-state index is 13.4. The normalized spacial score (nSPS) is 23.9. The summed E-state index contributed by atoms with van der Waals surface area (Å²) in [5, 5.41) is 24.3. The van der Waals surface area contributed by atoms with E-state index in [1.54, 1.807) is 24.3 Å². The Kier molecular flexibility index (Phi) is 6.91. The fraction of sp³-hybridized carbons (Fsp3) is 0.379. The highest BCUT2D eigenvalue weighted by Crippen LogP contribution is 2.61. The van der Waals surface area contributed by atoms with Crippen LogP contribution in [0.1, 0.15) is 46.3 Å². The topological polar surface area (TPSA) is 132 Å². The van der Waals surface area contributed by atoms with Gasteiger partial charge in [-0.1, -0.05) is 12.1 Å². The van der Waals surface area contributed by atoms with Crippen LogP contribution in [0.25, 0.3) is 0 Å². The van der Waals surface area contributed by atoms with E-state index in [0.29, 0.717) is 54.0 Å². The molecule has 1 saturated carbocycles. The third-order valence-corrected chi connectivity index (χ3v) is 7.80. The van der Waals surface area contributed by atoms with Gasteiger partial charge in [-0.25, -0.2) is 4.79 Å². The number of nitrogens with one attached hydrogen (secondary N) is 2. The van der Waals surface area contributed by atoms with Gasteiger partial charge in [-0.15, -0.1) is 0 Å². The highest BCUT2D eigenvalue weighted by Gasteiger charge is 2.61. The van der Waals surface area contributed by atoms with Crippen molar-refractivity contribution in [1.82, 2.24) is 10.2 Å². The average molecular weight is 515 g/mol. The number of hydrogen-bond acceptors (Lipinski definition) is 6. The number of likely N-dealkylation sites (N-methyl/N-ethyl adjacent to an activating group) is 1. The van der Waals surface area contributed by atoms with E-state index in [1.807, 2.05) is 19.2 Å². The summed E-state index contributed by atoms with van der Waals surface area (Å²) < 4.78 is 5.88. The van der Waals surface area contributed by atoms with Crippen molar-refractivity contribution in [3.8, 4) is 11.8 Å². The van der Waals surface area contributed by atoms with Gasteiger partial charge in [-0.3, -0.25) is 9.59 Å². The van der Waals surface area contributed by atoms with Crippen LogP contribution in [0.3, 0.4) is 0 Å². The number of carboxylic acids is 1. The van der Waals surface area contributed by atoms with E-state index in [1.165, 1.54) is 6.08 Å². The molecule has 0 bridgehead atoms. The molecule has 5 rings (SSSR count). The molecule has 3 atom stereocenters. The first-order valence-electron chi connectivity index (χ1n) is 12.8. The number of amides is 2. The molecule has 2 fully saturated rings. The minimum absolute atomic E-state index is 0.122. The number of nitriles is 1. The number of aliphatic carboxylic acids is 1. The van der Waals surface area contributed by atoms with Crippen LogP contribution in [-0.2, 0) is 21.4 Å². The van der Waals surface area contributed by atoms with E-state index in [2.05, 4.69) is 21.6 Å². The fourth-order valence-electron chi connectivity index (χ4n) is 5.66. The molecule has 2 heterocycles. The zero-order valence-electron chi connectivity index (χ0n) is 21.2. The molecule has 9 heteroatoms. The Morgan fingerprint density at radius 1 is 1.26 bits per heavy atom. The summed E-state index contributed by atoms with van der Waals surface area (Å²) in [7, 11) is 2.04. The van der Waals surface area contributed by atoms with Crippen LogP contribution >= 0.6 is 0 Å². The highest BCUT2D eigenvalue weighted by atomic mass is 16.5. The number of likely N-dealkylation sites (tertiary alicyclic amines) is 1. The second-order valence-electron chi connectivity index (χ2n) is 10.4. The first kappa shape index (κ1) is 25.5. The molecule has 1 spiro atoms. The van der Waals surface area contributed by atoms with Gasteiger partial charge in [0.15, 0.2) is 0 Å². The molecule has 2 aromatic rings. The van der Waals surface area contributed by atoms with Gasteiger partial charge in [0, 0.05) is 46.8 Å². The first-order valence-corrected chi connectivity index (χ1v) is 12.8. The van der Waals surface area contributed by atoms with Crippen molar-refractivity contribution >= 4 is 23.5 Å². The molecule has 9 nitrogen and oxygen atoms in total. The number of rotatable bonds is 7. The number of allylic oxidation sites excluding steroid dienone is 1. The van der Waals surface area contributed by atoms with Gasteiger partial charge < -0.3 is 25.4 Å². The highest BCUT2D eigenvalue weighted by molar-refractivity contribution is 5.98. The molecule has 2 aromatic carbocycles. The van der Waals surface area contributed by atoms with Gasteiger partial charge in [-0.2, -0.15) is 5.26 Å². The zero-order chi connectivity index (χ0) is 26.9. The molecular weight excluding hydrogens is 484 g/mol. The van der Waals surface area contributed by atoms with E-state index in [4.69, 9.17) is 9.84 Å². The van der Waals surface area contributed by atoms with Crippen molar-refractivity contribution in [3.05, 3.63) is 70.8 Å². The minimum atomic E-state index is -1.05. The third-order valence-electron chi connectivity index (χ3n) is 7.80. The summed E-state index contributed by atoms with van der Waals surface area (Å²) in [6, 6.07) is 12.6. The van der Waals surface area contributed by atoms with Crippen LogP contribution in [0.2, 0.25) is 0 Å². The SMILES string of the molecule is CN1CC[C@H](NC(=O)c2ccc3c(c2)[C@]2(CCO3)C[C@H]2C(=O)Nc2cc(C#N)ccc2CC=CC(=O)O)C1. The number of ether oxygens (including phenoxy) is 1. The van der Waals surface area contributed by atoms with E-state index in [9.17, 15) is 19.6 Å². The van der Waals surface area contributed by atoms with Crippen LogP contribution < -0.4 is 15.4 Å². The molecule has 38 heavy (non-hydrogen) atoms. The third kappa shape index (κ3) is 5.13. The van der Waals surface area contributed by atoms with Crippen LogP contribution in [0.4, 0.5) is 5.69 Å². The quantitative estimate of drug-likeness (QED) is 0.484. The number of carboxylic acid groups (broad SMARTS) is 1. The average Bonchev–Trinajstić information content (AvgIpc) is 3.47. The maximum Gasteiger partial charge on any atom is 0.327 e. The van der Waals surface area contributed by atoms with Crippen LogP contribution in [0.5, 0.6) is 5.75 Å². The Morgan fingerprint density at radius 2 is 2.11 bits per heavy atom. The number of hydrogen-bond donors (Lipinski definition) is 3. The van der Waals surface area contributed by atoms with Crippen LogP contribution in [0, 0.1) is 17.2 Å². The van der Waals surface area contributed by atoms with Crippen molar-refractivity contribution in [3.63, 3.8) is 0 Å². The first-order chi connectivity index (χ1) is 18.3. The molecule has 2 amide bonds. The van der Waals surface area contributed by atoms with Crippen molar-refractivity contribution in [2.24, 2.45) is 5.92 Å². The molecule has 3 N–H and O–H groups in total. The Labute approximate surface area is 221 Å². The lowest BCUT2D eigenvalue weighted by Gasteiger charge is -2.27. The second kappa shape index (κ2) is 10.3. The number of carbonyl (C=O) groups is 3. The summed E-state index contributed by atoms with van der Waals surface area (Å²) in [5.41, 5.74) is 2.65. The second-order valence-corrected chi connectivity index (χ2v) is 10.4. The molecule has 0 unspecified atom stereocenters. The molecule has 0 aromatic heterocycles. The van der Waals surface area contributed by atoms with E-state index in [-0.39, 0.29) is 23.8 Å². The number of carbonyl (C=O) groups excluding carboxylic acids is 2. The van der Waals surface area contributed by atoms with E-state index in [0.717, 1.165) is 31.1 Å². The zero-order valence-corrected chi connectivity index (χ0v) is 21.2. The predicted octanol–water partition coefficient (Wildman–Crippen LogP) is 2.85. The molecule has 0 radical (unpaired) electrons. The fourth-order valence-corrected chi connectivity index (χ4v) is 5.66. The van der Waals surface area contributed by atoms with Crippen molar-refractivity contribution in [1.29, 1.82) is 5.26 Å². The van der Waals surface area contributed by atoms with Gasteiger partial charge >= 0.3 is 5.97 Å². The van der Waals surface area contributed by atoms with Gasteiger partial charge in [0.05, 0.1) is 18.2 Å². The van der Waals surface area contributed by atoms with Gasteiger partial charge in [0.25, 0.3) is 5.91 Å². The molecular formula is C29H30N4O5. The number of benzene rings is 2. The number of nitrogens with zero attached hydrogens (tertiary/aromatic N) is 2. The van der Waals surface area contributed by atoms with Crippen LogP contribution in [-0.4, -0.2) is 60.6 Å². The largest absolute Gasteiger partial charge is 0.493 e. The number of anilines is 1. The van der Waals surface area contributed by atoms with E-state index < -0.39 is 11.4 Å². The Balaban J connectivity index is 1.34. The summed E-state index contributed by atoms with van der Waals surface area (Å²) in [6.45, 7) is 2.27. The Hall–Kier alpha value is -4.16. The molecule has 2 aliphatic heterocycles. The number of fused-ring (bicyclic) bond motifs is 2.